The van der Waals surface area contributed by atoms with Crippen LogP contribution in [0, 0.1) is 0 Å². The molecule has 0 saturated carbocycles. The van der Waals surface area contributed by atoms with Crippen LogP contribution in [0.4, 0.5) is 5.69 Å². The lowest BCUT2D eigenvalue weighted by atomic mass is 10.1. The molecule has 0 unspecified atom stereocenters. The summed E-state index contributed by atoms with van der Waals surface area (Å²) in [6.45, 7) is 3.45. The number of carbonyl (C=O) groups excluding carboxylic acids is 2. The number of hydrogen-bond donors (Lipinski definition) is 1. The van der Waals surface area contributed by atoms with Crippen LogP contribution in [-0.4, -0.2) is 56.0 Å². The average molecular weight is 411 g/mol. The van der Waals surface area contributed by atoms with E-state index >= 15 is 0 Å². The van der Waals surface area contributed by atoms with E-state index < -0.39 is 5.66 Å². The quantitative estimate of drug-likeness (QED) is 0.757. The van der Waals surface area contributed by atoms with Crippen LogP contribution in [0.2, 0.25) is 0 Å². The molecule has 2 aromatic rings. The van der Waals surface area contributed by atoms with Gasteiger partial charge in [0.2, 0.25) is 11.7 Å². The highest BCUT2D eigenvalue weighted by molar-refractivity contribution is 6.47. The molecular weight excluding hydrogens is 386 g/mol. The van der Waals surface area contributed by atoms with Gasteiger partial charge in [-0.25, -0.2) is 0 Å². The van der Waals surface area contributed by atoms with Gasteiger partial charge in [-0.05, 0) is 13.8 Å². The maximum absolute atomic E-state index is 13.0. The number of hydrogen-bond acceptors (Lipinski definition) is 6. The van der Waals surface area contributed by atoms with Gasteiger partial charge in [0.05, 0.1) is 21.3 Å². The van der Waals surface area contributed by atoms with Crippen molar-refractivity contribution in [3.8, 4) is 17.2 Å². The molecule has 0 saturated heterocycles. The van der Waals surface area contributed by atoms with Crippen LogP contribution in [0.5, 0.6) is 17.2 Å². The van der Waals surface area contributed by atoms with Crippen molar-refractivity contribution in [2.45, 2.75) is 19.5 Å². The minimum Gasteiger partial charge on any atom is -0.493 e. The van der Waals surface area contributed by atoms with E-state index in [0.717, 1.165) is 5.56 Å². The number of methoxy groups -OCH3 is 3. The molecule has 158 valence electrons. The van der Waals surface area contributed by atoms with Gasteiger partial charge in [-0.3, -0.25) is 14.6 Å². The number of benzene rings is 2. The van der Waals surface area contributed by atoms with Crippen molar-refractivity contribution >= 4 is 23.2 Å². The summed E-state index contributed by atoms with van der Waals surface area (Å²) in [6.07, 6.45) is 0. The van der Waals surface area contributed by atoms with Gasteiger partial charge in [0.25, 0.3) is 5.91 Å². The molecule has 1 heterocycles. The molecule has 3 rings (SSSR count). The number of nitrogens with one attached hydrogen (secondary N) is 1. The largest absolute Gasteiger partial charge is 0.493 e. The van der Waals surface area contributed by atoms with Crippen molar-refractivity contribution in [1.29, 1.82) is 0 Å². The van der Waals surface area contributed by atoms with Gasteiger partial charge in [0, 0.05) is 23.4 Å². The van der Waals surface area contributed by atoms with E-state index in [9.17, 15) is 9.59 Å². The van der Waals surface area contributed by atoms with Crippen molar-refractivity contribution in [3.05, 3.63) is 48.0 Å². The molecule has 0 radical (unpaired) electrons. The number of rotatable bonds is 7. The third-order valence-corrected chi connectivity index (χ3v) is 4.79. The summed E-state index contributed by atoms with van der Waals surface area (Å²) in [5, 5.41) is 2.78. The number of carbonyl (C=O) groups is 2. The standard InChI is InChI=1S/C22H25N3O5/c1-22(2)24-19(14-9-7-6-8-10-14)21(27)25(22)13-18(26)23-15-11-16(28-3)20(30-5)17(12-15)29-4/h6-12H,13H2,1-5H3,(H,23,26). The van der Waals surface area contributed by atoms with E-state index in [-0.39, 0.29) is 18.4 Å². The minimum absolute atomic E-state index is 0.150. The van der Waals surface area contributed by atoms with Gasteiger partial charge in [0.15, 0.2) is 11.5 Å². The average Bonchev–Trinajstić information content (AvgIpc) is 2.97. The summed E-state index contributed by atoms with van der Waals surface area (Å²) in [6, 6.07) is 12.5. The molecule has 1 aliphatic heterocycles. The summed E-state index contributed by atoms with van der Waals surface area (Å²) in [7, 11) is 4.50. The van der Waals surface area contributed by atoms with Crippen LogP contribution in [0.15, 0.2) is 47.5 Å². The molecule has 2 amide bonds. The Morgan fingerprint density at radius 2 is 1.63 bits per heavy atom. The normalized spacial score (nSPS) is 14.9. The molecule has 8 nitrogen and oxygen atoms in total. The van der Waals surface area contributed by atoms with Crippen molar-refractivity contribution in [2.75, 3.05) is 33.2 Å². The van der Waals surface area contributed by atoms with Crippen LogP contribution >= 0.6 is 0 Å². The number of ether oxygens (including phenoxy) is 3. The number of amides is 2. The third-order valence-electron chi connectivity index (χ3n) is 4.79. The maximum atomic E-state index is 13.0. The minimum atomic E-state index is -0.838. The first-order valence-electron chi connectivity index (χ1n) is 9.37. The number of anilines is 1. The first kappa shape index (κ1) is 21.2. The maximum Gasteiger partial charge on any atom is 0.275 e. The van der Waals surface area contributed by atoms with Crippen molar-refractivity contribution in [3.63, 3.8) is 0 Å². The smallest absolute Gasteiger partial charge is 0.275 e. The predicted octanol–water partition coefficient (Wildman–Crippen LogP) is 2.72. The van der Waals surface area contributed by atoms with Crippen molar-refractivity contribution in [1.82, 2.24) is 4.90 Å². The summed E-state index contributed by atoms with van der Waals surface area (Å²) in [5.74, 6) is 0.607. The van der Waals surface area contributed by atoms with E-state index in [1.54, 1.807) is 26.0 Å². The highest BCUT2D eigenvalue weighted by Crippen LogP contribution is 2.40. The fraction of sp³-hybridized carbons (Fsp3) is 0.318. The fourth-order valence-corrected chi connectivity index (χ4v) is 3.30. The molecule has 30 heavy (non-hydrogen) atoms. The zero-order valence-corrected chi connectivity index (χ0v) is 17.7. The Balaban J connectivity index is 1.78. The third kappa shape index (κ3) is 4.07. The first-order chi connectivity index (χ1) is 14.3. The van der Waals surface area contributed by atoms with E-state index in [0.29, 0.717) is 28.6 Å². The van der Waals surface area contributed by atoms with Gasteiger partial charge in [0.1, 0.15) is 17.9 Å². The summed E-state index contributed by atoms with van der Waals surface area (Å²) in [5.41, 5.74) is 0.696. The SMILES string of the molecule is COc1cc(NC(=O)CN2C(=O)C(c3ccccc3)=NC2(C)C)cc(OC)c1OC. The van der Waals surface area contributed by atoms with Crippen LogP contribution in [-0.2, 0) is 9.59 Å². The number of nitrogens with zero attached hydrogens (tertiary/aromatic N) is 2. The van der Waals surface area contributed by atoms with E-state index in [4.69, 9.17) is 14.2 Å². The second-order valence-corrected chi connectivity index (χ2v) is 7.17. The molecule has 2 aromatic carbocycles. The van der Waals surface area contributed by atoms with E-state index in [1.807, 2.05) is 30.3 Å². The molecule has 0 fully saturated rings. The monoisotopic (exact) mass is 411 g/mol. The highest BCUT2D eigenvalue weighted by Gasteiger charge is 2.41. The highest BCUT2D eigenvalue weighted by atomic mass is 16.5. The summed E-state index contributed by atoms with van der Waals surface area (Å²) >= 11 is 0. The molecule has 1 aliphatic rings. The summed E-state index contributed by atoms with van der Waals surface area (Å²) in [4.78, 5) is 31.7. The lowest BCUT2D eigenvalue weighted by molar-refractivity contribution is -0.131. The van der Waals surface area contributed by atoms with Crippen LogP contribution in [0.1, 0.15) is 19.4 Å². The van der Waals surface area contributed by atoms with Crippen molar-refractivity contribution in [2.24, 2.45) is 4.99 Å². The lowest BCUT2D eigenvalue weighted by Crippen LogP contribution is -2.46. The molecule has 0 spiro atoms. The Morgan fingerprint density at radius 1 is 1.03 bits per heavy atom. The summed E-state index contributed by atoms with van der Waals surface area (Å²) < 4.78 is 15.9. The van der Waals surface area contributed by atoms with Crippen molar-refractivity contribution < 1.29 is 23.8 Å². The van der Waals surface area contributed by atoms with Gasteiger partial charge in [-0.15, -0.1) is 0 Å². The Hall–Kier alpha value is -3.55. The van der Waals surface area contributed by atoms with Crippen LogP contribution < -0.4 is 19.5 Å². The fourth-order valence-electron chi connectivity index (χ4n) is 3.30. The second-order valence-electron chi connectivity index (χ2n) is 7.17. The molecule has 0 aliphatic carbocycles. The lowest BCUT2D eigenvalue weighted by Gasteiger charge is -2.28. The Labute approximate surface area is 175 Å². The van der Waals surface area contributed by atoms with E-state index in [1.165, 1.54) is 26.2 Å². The second kappa shape index (κ2) is 8.44. The zero-order valence-electron chi connectivity index (χ0n) is 17.7. The Kier molecular flexibility index (Phi) is 5.96. The van der Waals surface area contributed by atoms with Gasteiger partial charge in [-0.1, -0.05) is 30.3 Å². The van der Waals surface area contributed by atoms with Crippen LogP contribution in [0.3, 0.4) is 0 Å². The first-order valence-corrected chi connectivity index (χ1v) is 9.37. The molecule has 8 heteroatoms. The van der Waals surface area contributed by atoms with Crippen LogP contribution in [0.25, 0.3) is 0 Å². The zero-order chi connectivity index (χ0) is 21.9. The molecule has 0 atom stereocenters. The van der Waals surface area contributed by atoms with Gasteiger partial charge in [-0.2, -0.15) is 0 Å². The van der Waals surface area contributed by atoms with E-state index in [2.05, 4.69) is 10.3 Å². The Morgan fingerprint density at radius 3 is 2.17 bits per heavy atom. The molecular formula is C22H25N3O5. The molecule has 0 aromatic heterocycles. The predicted molar refractivity (Wildman–Crippen MR) is 113 cm³/mol. The molecule has 0 bridgehead atoms. The number of aliphatic imine (C=N–C) groups is 1. The van der Waals surface area contributed by atoms with Gasteiger partial charge >= 0.3 is 0 Å². The topological polar surface area (TPSA) is 89.5 Å². The Bertz CT molecular complexity index is 961. The van der Waals surface area contributed by atoms with Gasteiger partial charge < -0.3 is 24.4 Å². The molecule has 1 N–H and O–H groups in total.